The summed E-state index contributed by atoms with van der Waals surface area (Å²) < 4.78 is 40.5. The number of amides is 2. The van der Waals surface area contributed by atoms with Gasteiger partial charge in [-0.05, 0) is 43.9 Å². The summed E-state index contributed by atoms with van der Waals surface area (Å²) in [6.45, 7) is 7.89. The number of nitrogens with zero attached hydrogens (tertiary/aromatic N) is 2. The van der Waals surface area contributed by atoms with E-state index in [-0.39, 0.29) is 43.7 Å². The Hall–Kier alpha value is -2.94. The molecule has 2 amide bonds. The molecule has 0 bridgehead atoms. The van der Waals surface area contributed by atoms with Crippen LogP contribution in [0.1, 0.15) is 44.7 Å². The normalized spacial score (nSPS) is 12.3. The molecule has 0 saturated carbocycles. The second-order valence-corrected chi connectivity index (χ2v) is 11.1. The highest BCUT2D eigenvalue weighted by Crippen LogP contribution is 2.23. The van der Waals surface area contributed by atoms with E-state index in [0.717, 1.165) is 11.8 Å². The molecule has 9 heteroatoms. The molecule has 0 saturated heterocycles. The Kier molecular flexibility index (Phi) is 10.2. The molecular formula is C26H36FN3O4S. The first-order chi connectivity index (χ1) is 16.4. The van der Waals surface area contributed by atoms with Crippen molar-refractivity contribution >= 4 is 27.5 Å². The molecule has 0 radical (unpaired) electrons. The van der Waals surface area contributed by atoms with E-state index in [1.165, 1.54) is 15.3 Å². The summed E-state index contributed by atoms with van der Waals surface area (Å²) in [6, 6.07) is 12.5. The highest BCUT2D eigenvalue weighted by atomic mass is 32.2. The van der Waals surface area contributed by atoms with Crippen LogP contribution in [0.3, 0.4) is 0 Å². The molecule has 0 heterocycles. The number of sulfonamides is 1. The smallest absolute Gasteiger partial charge is 0.242 e. The molecule has 2 aromatic rings. The monoisotopic (exact) mass is 505 g/mol. The van der Waals surface area contributed by atoms with Crippen molar-refractivity contribution in [2.45, 2.75) is 53.1 Å². The number of halogens is 1. The Morgan fingerprint density at radius 3 is 2.26 bits per heavy atom. The maximum atomic E-state index is 14.3. The van der Waals surface area contributed by atoms with E-state index in [1.54, 1.807) is 37.3 Å². The summed E-state index contributed by atoms with van der Waals surface area (Å²) in [5.41, 5.74) is 1.68. The van der Waals surface area contributed by atoms with Crippen molar-refractivity contribution in [1.82, 2.24) is 10.2 Å². The van der Waals surface area contributed by atoms with Crippen molar-refractivity contribution in [1.29, 1.82) is 0 Å². The van der Waals surface area contributed by atoms with E-state index in [1.807, 2.05) is 32.9 Å². The Morgan fingerprint density at radius 1 is 1.03 bits per heavy atom. The number of benzene rings is 2. The fourth-order valence-corrected chi connectivity index (χ4v) is 4.69. The average Bonchev–Trinajstić information content (AvgIpc) is 2.79. The van der Waals surface area contributed by atoms with Crippen molar-refractivity contribution in [2.75, 3.05) is 23.7 Å². The Bertz CT molecular complexity index is 1120. The van der Waals surface area contributed by atoms with E-state index >= 15 is 0 Å². The number of nitrogens with one attached hydrogen (secondary N) is 1. The lowest BCUT2D eigenvalue weighted by Crippen LogP contribution is -2.48. The van der Waals surface area contributed by atoms with Gasteiger partial charge in [-0.1, -0.05) is 50.2 Å². The van der Waals surface area contributed by atoms with E-state index < -0.39 is 21.9 Å². The molecule has 0 aliphatic heterocycles. The molecule has 2 rings (SSSR count). The van der Waals surface area contributed by atoms with Gasteiger partial charge in [0.1, 0.15) is 11.9 Å². The predicted octanol–water partition coefficient (Wildman–Crippen LogP) is 3.87. The summed E-state index contributed by atoms with van der Waals surface area (Å²) in [5, 5.41) is 2.83. The fraction of sp³-hybridized carbons (Fsp3) is 0.462. The summed E-state index contributed by atoms with van der Waals surface area (Å²) >= 11 is 0. The van der Waals surface area contributed by atoms with Crippen LogP contribution in [-0.2, 0) is 26.2 Å². The van der Waals surface area contributed by atoms with Gasteiger partial charge in [-0.15, -0.1) is 0 Å². The third-order valence-electron chi connectivity index (χ3n) is 5.69. The number of anilines is 1. The fourth-order valence-electron chi connectivity index (χ4n) is 3.67. The number of carbonyl (C=O) groups is 2. The summed E-state index contributed by atoms with van der Waals surface area (Å²) in [6.07, 6.45) is 1.38. The molecule has 0 unspecified atom stereocenters. The summed E-state index contributed by atoms with van der Waals surface area (Å²) in [4.78, 5) is 27.3. The third-order valence-corrected chi connectivity index (χ3v) is 6.87. The van der Waals surface area contributed by atoms with Crippen molar-refractivity contribution in [3.05, 3.63) is 65.5 Å². The van der Waals surface area contributed by atoms with Crippen molar-refractivity contribution in [3.63, 3.8) is 0 Å². The molecule has 7 nitrogen and oxygen atoms in total. The lowest BCUT2D eigenvalue weighted by Gasteiger charge is -2.30. The highest BCUT2D eigenvalue weighted by molar-refractivity contribution is 7.92. The Morgan fingerprint density at radius 2 is 1.66 bits per heavy atom. The van der Waals surface area contributed by atoms with Gasteiger partial charge in [-0.3, -0.25) is 13.9 Å². The second-order valence-electron chi connectivity index (χ2n) is 9.15. The van der Waals surface area contributed by atoms with Crippen LogP contribution in [0.4, 0.5) is 10.1 Å². The zero-order chi connectivity index (χ0) is 26.2. The first-order valence-corrected chi connectivity index (χ1v) is 13.6. The first-order valence-electron chi connectivity index (χ1n) is 11.8. The summed E-state index contributed by atoms with van der Waals surface area (Å²) in [5.74, 6) is -0.882. The predicted molar refractivity (Wildman–Crippen MR) is 137 cm³/mol. The maximum absolute atomic E-state index is 14.3. The number of aryl methyl sites for hydroxylation is 1. The minimum Gasteiger partial charge on any atom is -0.354 e. The first kappa shape index (κ1) is 28.3. The molecule has 2 aromatic carbocycles. The zero-order valence-electron chi connectivity index (χ0n) is 21.1. The summed E-state index contributed by atoms with van der Waals surface area (Å²) in [7, 11) is -3.56. The van der Waals surface area contributed by atoms with Gasteiger partial charge in [0.25, 0.3) is 0 Å². The lowest BCUT2D eigenvalue weighted by molar-refractivity contribution is -0.140. The van der Waals surface area contributed by atoms with Gasteiger partial charge in [0.05, 0.1) is 11.9 Å². The van der Waals surface area contributed by atoms with Crippen LogP contribution in [0.15, 0.2) is 48.5 Å². The van der Waals surface area contributed by atoms with E-state index in [2.05, 4.69) is 5.32 Å². The molecule has 1 atom stereocenters. The minimum atomic E-state index is -3.56. The number of carbonyl (C=O) groups excluding carboxylic acids is 2. The third kappa shape index (κ3) is 8.35. The largest absolute Gasteiger partial charge is 0.354 e. The van der Waals surface area contributed by atoms with Crippen LogP contribution >= 0.6 is 0 Å². The number of rotatable bonds is 12. The maximum Gasteiger partial charge on any atom is 0.242 e. The van der Waals surface area contributed by atoms with Crippen molar-refractivity contribution in [2.24, 2.45) is 5.92 Å². The average molecular weight is 506 g/mol. The van der Waals surface area contributed by atoms with Crippen LogP contribution in [0.5, 0.6) is 0 Å². The van der Waals surface area contributed by atoms with Gasteiger partial charge in [0.2, 0.25) is 21.8 Å². The van der Waals surface area contributed by atoms with Crippen LogP contribution < -0.4 is 9.62 Å². The molecule has 192 valence electrons. The van der Waals surface area contributed by atoms with Crippen LogP contribution in [-0.4, -0.2) is 50.5 Å². The Balaban J connectivity index is 2.18. The molecule has 0 aliphatic rings. The van der Waals surface area contributed by atoms with E-state index in [0.29, 0.717) is 17.8 Å². The molecule has 35 heavy (non-hydrogen) atoms. The van der Waals surface area contributed by atoms with Crippen molar-refractivity contribution in [3.8, 4) is 0 Å². The van der Waals surface area contributed by atoms with Crippen LogP contribution in [0.2, 0.25) is 0 Å². The van der Waals surface area contributed by atoms with Gasteiger partial charge in [0.15, 0.2) is 0 Å². The van der Waals surface area contributed by atoms with Crippen LogP contribution in [0.25, 0.3) is 0 Å². The number of para-hydroxylation sites is 1. The SMILES string of the molecule is Cc1ccccc1N(CCCC(=O)N(Cc1ccccc1F)[C@H](C)C(=O)NCC(C)C)S(C)(=O)=O. The molecule has 0 spiro atoms. The molecule has 0 aromatic heterocycles. The van der Waals surface area contributed by atoms with E-state index in [9.17, 15) is 22.4 Å². The highest BCUT2D eigenvalue weighted by Gasteiger charge is 2.27. The van der Waals surface area contributed by atoms with Gasteiger partial charge < -0.3 is 10.2 Å². The van der Waals surface area contributed by atoms with Gasteiger partial charge in [0, 0.05) is 31.6 Å². The van der Waals surface area contributed by atoms with E-state index in [4.69, 9.17) is 0 Å². The molecule has 0 fully saturated rings. The lowest BCUT2D eigenvalue weighted by atomic mass is 10.1. The quantitative estimate of drug-likeness (QED) is 0.475. The van der Waals surface area contributed by atoms with Gasteiger partial charge >= 0.3 is 0 Å². The minimum absolute atomic E-state index is 0.00809. The van der Waals surface area contributed by atoms with Gasteiger partial charge in [-0.25, -0.2) is 12.8 Å². The van der Waals surface area contributed by atoms with Crippen LogP contribution in [0, 0.1) is 18.7 Å². The second kappa shape index (κ2) is 12.7. The van der Waals surface area contributed by atoms with Gasteiger partial charge in [-0.2, -0.15) is 0 Å². The number of hydrogen-bond donors (Lipinski definition) is 1. The molecule has 1 N–H and O–H groups in total. The zero-order valence-corrected chi connectivity index (χ0v) is 21.9. The standard InChI is InChI=1S/C26H36FN3O4S/c1-19(2)17-28-26(32)21(4)29(18-22-12-7-8-13-23(22)27)25(31)15-10-16-30(35(5,33)34)24-14-9-6-11-20(24)3/h6-9,11-14,19,21H,10,15-18H2,1-5H3,(H,28,32)/t21-/m1/s1. The number of hydrogen-bond acceptors (Lipinski definition) is 4. The van der Waals surface area contributed by atoms with Crippen molar-refractivity contribution < 1.29 is 22.4 Å². The Labute approximate surface area is 208 Å². The molecular weight excluding hydrogens is 469 g/mol. The molecule has 0 aliphatic carbocycles. The topological polar surface area (TPSA) is 86.8 Å².